The van der Waals surface area contributed by atoms with E-state index in [0.717, 1.165) is 0 Å². The Labute approximate surface area is 85.3 Å². The van der Waals surface area contributed by atoms with E-state index in [4.69, 9.17) is 15.3 Å². The lowest BCUT2D eigenvalue weighted by Gasteiger charge is -1.96. The minimum Gasteiger partial charge on any atom is -0.394 e. The second kappa shape index (κ2) is 8.39. The Bertz CT molecular complexity index is 192. The lowest BCUT2D eigenvalue weighted by atomic mass is 10.4. The van der Waals surface area contributed by atoms with Gasteiger partial charge in [0.05, 0.1) is 19.4 Å². The normalized spacial score (nSPS) is 9.62. The fourth-order valence-corrected chi connectivity index (χ4v) is 0.872. The van der Waals surface area contributed by atoms with Crippen molar-refractivity contribution in [2.75, 3.05) is 13.2 Å². The van der Waals surface area contributed by atoms with Crippen LogP contribution in [0.5, 0.6) is 0 Å². The highest BCUT2D eigenvalue weighted by Crippen LogP contribution is 2.05. The number of hydrogen-bond acceptors (Lipinski definition) is 6. The maximum absolute atomic E-state index is 8.17. The molecule has 0 aliphatic carbocycles. The number of thiol groups is 1. The van der Waals surface area contributed by atoms with Crippen LogP contribution in [0, 0.1) is 0 Å². The molecule has 0 aromatic carbocycles. The predicted octanol–water partition coefficient (Wildman–Crippen LogP) is -0.444. The van der Waals surface area contributed by atoms with Crippen LogP contribution >= 0.6 is 22.6 Å². The molecule has 0 saturated heterocycles. The second-order valence-corrected chi connectivity index (χ2v) is 3.04. The zero-order chi connectivity index (χ0) is 10.1. The highest BCUT2D eigenvalue weighted by atomic mass is 33.1. The van der Waals surface area contributed by atoms with Crippen LogP contribution in [0.4, 0.5) is 0 Å². The van der Waals surface area contributed by atoms with Gasteiger partial charge in [-0.15, -0.1) is 0 Å². The Hall–Kier alpha value is -0.210. The Morgan fingerprint density at radius 2 is 2.08 bits per heavy atom. The lowest BCUT2D eigenvalue weighted by molar-refractivity contribution is 0.0450. The second-order valence-electron chi connectivity index (χ2n) is 2.01. The first-order valence-corrected chi connectivity index (χ1v) is 5.28. The summed E-state index contributed by atoms with van der Waals surface area (Å²) >= 11 is 3.89. The molecule has 0 aliphatic rings. The van der Waals surface area contributed by atoms with Crippen molar-refractivity contribution in [3.63, 3.8) is 0 Å². The van der Waals surface area contributed by atoms with E-state index in [1.165, 1.54) is 11.0 Å². The summed E-state index contributed by atoms with van der Waals surface area (Å²) in [4.78, 5) is 0. The molecule has 7 heteroatoms. The molecule has 5 nitrogen and oxygen atoms in total. The van der Waals surface area contributed by atoms with Crippen LogP contribution in [0.15, 0.2) is 18.5 Å². The van der Waals surface area contributed by atoms with Crippen LogP contribution in [0.2, 0.25) is 0 Å². The summed E-state index contributed by atoms with van der Waals surface area (Å²) in [6.45, 7) is -0.729. The minimum absolute atomic E-state index is 0.365. The molecule has 3 N–H and O–H groups in total. The molecule has 0 aliphatic heterocycles. The van der Waals surface area contributed by atoms with Crippen molar-refractivity contribution in [2.24, 2.45) is 0 Å². The van der Waals surface area contributed by atoms with E-state index in [1.54, 1.807) is 10.3 Å². The van der Waals surface area contributed by atoms with Crippen LogP contribution in [-0.2, 0) is 0 Å². The van der Waals surface area contributed by atoms with Crippen LogP contribution in [-0.4, -0.2) is 43.8 Å². The van der Waals surface area contributed by atoms with E-state index in [-0.39, 0.29) is 13.2 Å². The van der Waals surface area contributed by atoms with Crippen molar-refractivity contribution >= 4 is 22.6 Å². The fraction of sp³-hybridized carbons (Fsp3) is 0.500. The third-order valence-electron chi connectivity index (χ3n) is 0.985. The van der Waals surface area contributed by atoms with E-state index < -0.39 is 6.10 Å². The highest BCUT2D eigenvalue weighted by molar-refractivity contribution is 8.67. The van der Waals surface area contributed by atoms with E-state index in [0.29, 0.717) is 0 Å². The van der Waals surface area contributed by atoms with E-state index in [2.05, 4.69) is 16.8 Å². The molecule has 13 heavy (non-hydrogen) atoms. The maximum atomic E-state index is 8.17. The monoisotopic (exact) mass is 224 g/mol. The van der Waals surface area contributed by atoms with Crippen LogP contribution in [0.1, 0.15) is 0 Å². The van der Waals surface area contributed by atoms with Gasteiger partial charge in [0, 0.05) is 17.2 Å². The van der Waals surface area contributed by atoms with Crippen molar-refractivity contribution in [3.05, 3.63) is 18.5 Å². The Morgan fingerprint density at radius 1 is 1.46 bits per heavy atom. The largest absolute Gasteiger partial charge is 0.394 e. The van der Waals surface area contributed by atoms with Gasteiger partial charge in [0.25, 0.3) is 0 Å². The van der Waals surface area contributed by atoms with Crippen molar-refractivity contribution in [2.45, 2.75) is 6.10 Å². The van der Waals surface area contributed by atoms with Gasteiger partial charge in [-0.05, 0) is 6.07 Å². The average Bonchev–Trinajstić information content (AvgIpc) is 2.70. The molecule has 1 aromatic rings. The van der Waals surface area contributed by atoms with E-state index in [1.807, 2.05) is 12.3 Å². The predicted molar refractivity (Wildman–Crippen MR) is 54.4 cm³/mol. The van der Waals surface area contributed by atoms with Crippen molar-refractivity contribution in [1.82, 2.24) is 9.19 Å². The quantitative estimate of drug-likeness (QED) is 0.413. The smallest absolute Gasteiger partial charge is 0.100 e. The molecule has 0 fully saturated rings. The average molecular weight is 224 g/mol. The highest BCUT2D eigenvalue weighted by Gasteiger charge is 1.93. The van der Waals surface area contributed by atoms with Gasteiger partial charge < -0.3 is 15.3 Å². The number of aliphatic hydroxyl groups excluding tert-OH is 3. The molecule has 1 rings (SSSR count). The molecule has 1 aromatic heterocycles. The number of rotatable bonds is 3. The van der Waals surface area contributed by atoms with Crippen molar-refractivity contribution in [3.8, 4) is 0 Å². The molecule has 0 amide bonds. The molecule has 76 valence electrons. The van der Waals surface area contributed by atoms with Gasteiger partial charge >= 0.3 is 0 Å². The molecular formula is C6H12N2O3S2. The van der Waals surface area contributed by atoms with E-state index in [9.17, 15) is 0 Å². The van der Waals surface area contributed by atoms with Gasteiger partial charge in [0.15, 0.2) is 0 Å². The fourth-order valence-electron chi connectivity index (χ4n) is 0.361. The molecule has 0 spiro atoms. The molecule has 0 bridgehead atoms. The molecular weight excluding hydrogens is 212 g/mol. The third-order valence-corrected chi connectivity index (χ3v) is 1.87. The van der Waals surface area contributed by atoms with Crippen molar-refractivity contribution in [1.29, 1.82) is 0 Å². The standard InChI is InChI=1S/C3H4N2S2.C3H8O3/c6-7-5-3-1-2-4-5;4-1-3(6)2-5/h1-3,6H;3-6H,1-2H2. The zero-order valence-electron chi connectivity index (χ0n) is 6.82. The summed E-state index contributed by atoms with van der Waals surface area (Å²) in [5.74, 6) is 0. The summed E-state index contributed by atoms with van der Waals surface area (Å²) in [5.41, 5.74) is 0. The first-order valence-electron chi connectivity index (χ1n) is 3.46. The first-order chi connectivity index (χ1) is 6.24. The Kier molecular flexibility index (Phi) is 8.26. The van der Waals surface area contributed by atoms with Crippen LogP contribution < -0.4 is 0 Å². The Morgan fingerprint density at radius 3 is 2.23 bits per heavy atom. The topological polar surface area (TPSA) is 78.5 Å². The number of nitrogens with zero attached hydrogens (tertiary/aromatic N) is 2. The van der Waals surface area contributed by atoms with Gasteiger partial charge in [-0.2, -0.15) is 5.10 Å². The van der Waals surface area contributed by atoms with Gasteiger partial charge in [0.2, 0.25) is 0 Å². The summed E-state index contributed by atoms with van der Waals surface area (Å²) in [5, 5.41) is 27.9. The summed E-state index contributed by atoms with van der Waals surface area (Å²) in [7, 11) is 1.28. The molecule has 0 atom stereocenters. The number of hydrogen-bond donors (Lipinski definition) is 4. The van der Waals surface area contributed by atoms with Gasteiger partial charge in [-0.3, -0.25) is 0 Å². The number of aromatic nitrogens is 2. The lowest BCUT2D eigenvalue weighted by Crippen LogP contribution is -2.15. The summed E-state index contributed by atoms with van der Waals surface area (Å²) in [6, 6.07) is 1.85. The Balaban J connectivity index is 0.000000226. The minimum atomic E-state index is -0.954. The van der Waals surface area contributed by atoms with Gasteiger partial charge in [-0.25, -0.2) is 4.09 Å². The van der Waals surface area contributed by atoms with Gasteiger partial charge in [-0.1, -0.05) is 11.7 Å². The van der Waals surface area contributed by atoms with Crippen molar-refractivity contribution < 1.29 is 15.3 Å². The zero-order valence-corrected chi connectivity index (χ0v) is 8.53. The van der Waals surface area contributed by atoms with E-state index >= 15 is 0 Å². The molecule has 1 heterocycles. The summed E-state index contributed by atoms with van der Waals surface area (Å²) in [6.07, 6.45) is 2.59. The molecule has 0 saturated carbocycles. The van der Waals surface area contributed by atoms with Crippen LogP contribution in [0.25, 0.3) is 0 Å². The number of aliphatic hydroxyl groups is 3. The third kappa shape index (κ3) is 6.91. The SMILES string of the molecule is OCC(O)CO.SSn1cccn1. The summed E-state index contributed by atoms with van der Waals surface area (Å²) < 4.78 is 1.66. The maximum Gasteiger partial charge on any atom is 0.100 e. The molecule has 0 radical (unpaired) electrons. The first kappa shape index (κ1) is 12.8. The van der Waals surface area contributed by atoms with Gasteiger partial charge in [0.1, 0.15) is 6.10 Å². The molecule has 0 unspecified atom stereocenters. The van der Waals surface area contributed by atoms with Crippen LogP contribution in [0.3, 0.4) is 0 Å².